The zero-order valence-electron chi connectivity index (χ0n) is 24.7. The van der Waals surface area contributed by atoms with Crippen molar-refractivity contribution in [1.29, 1.82) is 0 Å². The average molecular weight is 564 g/mol. The smallest absolute Gasteiger partial charge is 0.296 e. The van der Waals surface area contributed by atoms with E-state index < -0.39 is 15.0 Å². The van der Waals surface area contributed by atoms with Gasteiger partial charge in [0.05, 0.1) is 17.1 Å². The Balaban J connectivity index is 0.000000921. The van der Waals surface area contributed by atoms with Crippen molar-refractivity contribution >= 4 is 43.7 Å². The molecule has 0 spiro atoms. The van der Waals surface area contributed by atoms with Crippen LogP contribution in [-0.4, -0.2) is 23.8 Å². The number of aromatic hydroxyl groups is 1. The van der Waals surface area contributed by atoms with Gasteiger partial charge in [0, 0.05) is 11.8 Å². The fourth-order valence-electron chi connectivity index (χ4n) is 3.80. The van der Waals surface area contributed by atoms with Crippen LogP contribution in [0.2, 0.25) is 0 Å². The molecule has 2 N–H and O–H groups in total. The number of rotatable bonds is 4. The Morgan fingerprint density at radius 1 is 0.725 bits per heavy atom. The first-order valence-electron chi connectivity index (χ1n) is 13.8. The lowest BCUT2D eigenvalue weighted by molar-refractivity contribution is 0.472. The van der Waals surface area contributed by atoms with Gasteiger partial charge in [-0.1, -0.05) is 104 Å². The predicted octanol–water partition coefficient (Wildman–Crippen LogP) is 9.99. The molecule has 1 aliphatic rings. The molecule has 0 fully saturated rings. The number of hydrogen-bond acceptors (Lipinski definition) is 6. The average Bonchev–Trinajstić information content (AvgIpc) is 3.46. The van der Waals surface area contributed by atoms with E-state index >= 15 is 0 Å². The second-order valence-corrected chi connectivity index (χ2v) is 8.73. The van der Waals surface area contributed by atoms with Gasteiger partial charge in [-0.15, -0.1) is 5.11 Å². The summed E-state index contributed by atoms with van der Waals surface area (Å²) in [6, 6.07) is 23.1. The maximum absolute atomic E-state index is 12.2. The normalized spacial score (nSPS) is 11.4. The molecule has 0 saturated carbocycles. The van der Waals surface area contributed by atoms with E-state index in [2.05, 4.69) is 15.2 Å². The SMILES string of the molecule is CC.CC.CC.CC.O=S(=O)(O)c1cc2c3c(ccc2c(O)c1N=Nc1ccccc1)N=C(c1ccccc1)C3. The molecule has 0 aromatic heterocycles. The lowest BCUT2D eigenvalue weighted by atomic mass is 9.97. The first-order valence-corrected chi connectivity index (χ1v) is 15.2. The second-order valence-electron chi connectivity index (χ2n) is 7.34. The monoisotopic (exact) mass is 563 g/mol. The van der Waals surface area contributed by atoms with E-state index in [9.17, 15) is 18.1 Å². The van der Waals surface area contributed by atoms with E-state index in [1.54, 1.807) is 36.4 Å². The summed E-state index contributed by atoms with van der Waals surface area (Å²) in [6.45, 7) is 16.0. The van der Waals surface area contributed by atoms with Crippen molar-refractivity contribution in [1.82, 2.24) is 0 Å². The van der Waals surface area contributed by atoms with Crippen LogP contribution in [-0.2, 0) is 16.5 Å². The summed E-state index contributed by atoms with van der Waals surface area (Å²) < 4.78 is 34.2. The number of fused-ring (bicyclic) bond motifs is 3. The highest BCUT2D eigenvalue weighted by Gasteiger charge is 2.26. The van der Waals surface area contributed by atoms with Gasteiger partial charge in [0.15, 0.2) is 5.75 Å². The van der Waals surface area contributed by atoms with Crippen LogP contribution in [0.5, 0.6) is 5.75 Å². The van der Waals surface area contributed by atoms with Gasteiger partial charge in [-0.2, -0.15) is 13.5 Å². The van der Waals surface area contributed by atoms with Crippen molar-refractivity contribution in [2.45, 2.75) is 66.7 Å². The minimum absolute atomic E-state index is 0.314. The van der Waals surface area contributed by atoms with Gasteiger partial charge in [-0.05, 0) is 46.8 Å². The Morgan fingerprint density at radius 2 is 1.27 bits per heavy atom. The largest absolute Gasteiger partial charge is 0.505 e. The molecule has 1 aliphatic heterocycles. The maximum Gasteiger partial charge on any atom is 0.296 e. The number of nitrogens with zero attached hydrogens (tertiary/aromatic N) is 3. The Kier molecular flexibility index (Phi) is 14.5. The summed E-state index contributed by atoms with van der Waals surface area (Å²) >= 11 is 0. The predicted molar refractivity (Wildman–Crippen MR) is 168 cm³/mol. The molecular formula is C32H41N3O4S. The van der Waals surface area contributed by atoms with Gasteiger partial charge in [0.2, 0.25) is 0 Å². The summed E-state index contributed by atoms with van der Waals surface area (Å²) in [6.07, 6.45) is 0.464. The standard InChI is InChI=1S/C24H17N3O4S.4C2H6/c28-24-17-11-12-20-19(13-21(25-20)15-7-3-1-4-8-15)18(17)14-22(32(29,30)31)23(24)27-26-16-9-5-2-6-10-16;4*1-2/h1-12,14,28H,13H2,(H,29,30,31);4*1-2H3. The highest BCUT2D eigenvalue weighted by molar-refractivity contribution is 7.86. The molecule has 0 saturated heterocycles. The highest BCUT2D eigenvalue weighted by atomic mass is 32.2. The molecule has 0 bridgehead atoms. The van der Waals surface area contributed by atoms with E-state index in [0.717, 1.165) is 16.8 Å². The van der Waals surface area contributed by atoms with E-state index in [1.165, 1.54) is 6.07 Å². The number of phenols is 1. The van der Waals surface area contributed by atoms with Crippen molar-refractivity contribution in [3.8, 4) is 5.75 Å². The van der Waals surface area contributed by atoms with Crippen LogP contribution in [0, 0.1) is 0 Å². The van der Waals surface area contributed by atoms with Crippen LogP contribution in [0.4, 0.5) is 17.1 Å². The molecule has 0 aliphatic carbocycles. The maximum atomic E-state index is 12.2. The van der Waals surface area contributed by atoms with E-state index in [4.69, 9.17) is 0 Å². The van der Waals surface area contributed by atoms with E-state index in [1.807, 2.05) is 91.8 Å². The van der Waals surface area contributed by atoms with Crippen LogP contribution in [0.25, 0.3) is 10.8 Å². The molecule has 8 heteroatoms. The van der Waals surface area contributed by atoms with Crippen LogP contribution in [0.15, 0.2) is 99.0 Å². The number of hydrogen-bond donors (Lipinski definition) is 2. The third-order valence-corrected chi connectivity index (χ3v) is 6.19. The van der Waals surface area contributed by atoms with Crippen molar-refractivity contribution < 1.29 is 18.1 Å². The number of azo groups is 1. The highest BCUT2D eigenvalue weighted by Crippen LogP contribution is 2.45. The minimum Gasteiger partial charge on any atom is -0.505 e. The number of aliphatic imine (C=N–C) groups is 1. The molecule has 40 heavy (non-hydrogen) atoms. The van der Waals surface area contributed by atoms with Crippen LogP contribution >= 0.6 is 0 Å². The Morgan fingerprint density at radius 3 is 1.82 bits per heavy atom. The van der Waals surface area contributed by atoms with E-state index in [-0.39, 0.29) is 11.4 Å². The van der Waals surface area contributed by atoms with E-state index in [0.29, 0.717) is 28.6 Å². The molecule has 0 atom stereocenters. The number of benzene rings is 4. The third kappa shape index (κ3) is 8.07. The molecule has 0 unspecified atom stereocenters. The fourth-order valence-corrected chi connectivity index (χ4v) is 4.45. The van der Waals surface area contributed by atoms with Gasteiger partial charge in [-0.25, -0.2) is 0 Å². The molecular weight excluding hydrogens is 522 g/mol. The van der Waals surface area contributed by atoms with Crippen molar-refractivity contribution in [3.05, 3.63) is 90.0 Å². The molecule has 4 aromatic rings. The summed E-state index contributed by atoms with van der Waals surface area (Å²) in [5.41, 5.74) is 3.43. The first-order chi connectivity index (χ1) is 19.4. The Labute approximate surface area is 239 Å². The molecule has 0 radical (unpaired) electrons. The molecule has 0 amide bonds. The van der Waals surface area contributed by atoms with Crippen LogP contribution in [0.3, 0.4) is 0 Å². The lowest BCUT2D eigenvalue weighted by Crippen LogP contribution is -2.02. The lowest BCUT2D eigenvalue weighted by Gasteiger charge is -2.11. The zero-order valence-corrected chi connectivity index (χ0v) is 25.5. The molecule has 214 valence electrons. The Hall–Kier alpha value is -3.88. The second kappa shape index (κ2) is 16.9. The van der Waals surface area contributed by atoms with Crippen molar-refractivity contribution in [2.75, 3.05) is 0 Å². The fraction of sp³-hybridized carbons (Fsp3) is 0.281. The van der Waals surface area contributed by atoms with Gasteiger partial charge < -0.3 is 5.11 Å². The topological polar surface area (TPSA) is 112 Å². The minimum atomic E-state index is -4.69. The quantitative estimate of drug-likeness (QED) is 0.190. The molecule has 1 heterocycles. The summed E-state index contributed by atoms with van der Waals surface area (Å²) in [4.78, 5) is 4.16. The van der Waals surface area contributed by atoms with Crippen LogP contribution < -0.4 is 0 Å². The van der Waals surface area contributed by atoms with Gasteiger partial charge in [-0.3, -0.25) is 9.55 Å². The van der Waals surface area contributed by atoms with Gasteiger partial charge >= 0.3 is 0 Å². The number of phenolic OH excluding ortho intramolecular Hbond substituents is 1. The van der Waals surface area contributed by atoms with Crippen molar-refractivity contribution in [3.63, 3.8) is 0 Å². The molecule has 4 aromatic carbocycles. The van der Waals surface area contributed by atoms with Gasteiger partial charge in [0.1, 0.15) is 10.6 Å². The van der Waals surface area contributed by atoms with Crippen molar-refractivity contribution in [2.24, 2.45) is 15.2 Å². The first kappa shape index (κ1) is 34.1. The van der Waals surface area contributed by atoms with Gasteiger partial charge in [0.25, 0.3) is 10.1 Å². The molecule has 7 nitrogen and oxygen atoms in total. The Bertz CT molecular complexity index is 1520. The van der Waals surface area contributed by atoms with Crippen LogP contribution in [0.1, 0.15) is 66.5 Å². The summed E-state index contributed by atoms with van der Waals surface area (Å²) in [5, 5.41) is 19.8. The zero-order chi connectivity index (χ0) is 30.3. The summed E-state index contributed by atoms with van der Waals surface area (Å²) in [7, 11) is -4.69. The third-order valence-electron chi connectivity index (χ3n) is 5.33. The summed E-state index contributed by atoms with van der Waals surface area (Å²) in [5.74, 6) is -0.370. The molecule has 5 rings (SSSR count).